The van der Waals surface area contributed by atoms with Crippen LogP contribution in [0, 0.1) is 17.7 Å². The largest absolute Gasteiger partial charge is 0.507 e. The van der Waals surface area contributed by atoms with Gasteiger partial charge in [-0.2, -0.15) is 0 Å². The van der Waals surface area contributed by atoms with Crippen molar-refractivity contribution in [2.75, 3.05) is 0 Å². The molecule has 0 saturated carbocycles. The first-order valence-electron chi connectivity index (χ1n) is 5.02. The quantitative estimate of drug-likeness (QED) is 0.555. The van der Waals surface area contributed by atoms with Crippen molar-refractivity contribution in [2.24, 2.45) is 0 Å². The second-order valence-electron chi connectivity index (χ2n) is 4.39. The standard InChI is InChI=1S/C13H13FO3/c1-13(2,3)17-12(16)8-7-9-10(14)5-4-6-11(9)15/h4-6,15H,1-3H3. The van der Waals surface area contributed by atoms with E-state index in [-0.39, 0.29) is 11.3 Å². The van der Waals surface area contributed by atoms with Crippen LogP contribution in [0.15, 0.2) is 18.2 Å². The number of halogens is 1. The van der Waals surface area contributed by atoms with Gasteiger partial charge in [-0.25, -0.2) is 9.18 Å². The number of phenolic OH excluding ortho intramolecular Hbond substituents is 1. The van der Waals surface area contributed by atoms with Gasteiger partial charge in [0.15, 0.2) is 0 Å². The first kappa shape index (κ1) is 13.0. The molecule has 0 fully saturated rings. The van der Waals surface area contributed by atoms with Gasteiger partial charge in [0, 0.05) is 5.92 Å². The minimum absolute atomic E-state index is 0.210. The lowest BCUT2D eigenvalue weighted by molar-refractivity contribution is -0.147. The number of benzene rings is 1. The predicted molar refractivity (Wildman–Crippen MR) is 60.8 cm³/mol. The number of carbonyl (C=O) groups is 1. The summed E-state index contributed by atoms with van der Waals surface area (Å²) < 4.78 is 18.1. The number of ether oxygens (including phenoxy) is 1. The van der Waals surface area contributed by atoms with E-state index in [1.165, 1.54) is 12.1 Å². The van der Waals surface area contributed by atoms with Gasteiger partial charge >= 0.3 is 5.97 Å². The molecule has 0 aliphatic rings. The molecule has 0 aliphatic carbocycles. The van der Waals surface area contributed by atoms with Crippen molar-refractivity contribution in [1.82, 2.24) is 0 Å². The monoisotopic (exact) mass is 236 g/mol. The number of phenols is 1. The van der Waals surface area contributed by atoms with Crippen LogP contribution in [0.25, 0.3) is 0 Å². The molecule has 1 rings (SSSR count). The van der Waals surface area contributed by atoms with Crippen LogP contribution in [0.4, 0.5) is 4.39 Å². The molecule has 4 heteroatoms. The van der Waals surface area contributed by atoms with Crippen LogP contribution >= 0.6 is 0 Å². The summed E-state index contributed by atoms with van der Waals surface area (Å²) in [6.07, 6.45) is 0. The maximum Gasteiger partial charge on any atom is 0.385 e. The topological polar surface area (TPSA) is 46.5 Å². The molecular weight excluding hydrogens is 223 g/mol. The maximum atomic E-state index is 13.2. The Labute approximate surface area is 99.2 Å². The van der Waals surface area contributed by atoms with E-state index < -0.39 is 17.4 Å². The van der Waals surface area contributed by atoms with Crippen molar-refractivity contribution in [3.63, 3.8) is 0 Å². The molecule has 0 radical (unpaired) electrons. The van der Waals surface area contributed by atoms with Gasteiger partial charge in [0.2, 0.25) is 0 Å². The fraction of sp³-hybridized carbons (Fsp3) is 0.308. The van der Waals surface area contributed by atoms with Crippen LogP contribution in [0.5, 0.6) is 5.75 Å². The minimum atomic E-state index is -0.764. The Morgan fingerprint density at radius 2 is 2.06 bits per heavy atom. The molecule has 17 heavy (non-hydrogen) atoms. The third-order valence-electron chi connectivity index (χ3n) is 1.68. The van der Waals surface area contributed by atoms with Crippen molar-refractivity contribution < 1.29 is 19.0 Å². The third kappa shape index (κ3) is 4.15. The van der Waals surface area contributed by atoms with Gasteiger partial charge in [-0.15, -0.1) is 0 Å². The van der Waals surface area contributed by atoms with E-state index in [0.717, 1.165) is 6.07 Å². The fourth-order valence-electron chi connectivity index (χ4n) is 1.05. The Bertz CT molecular complexity index is 469. The van der Waals surface area contributed by atoms with Crippen molar-refractivity contribution in [3.8, 4) is 17.6 Å². The first-order valence-corrected chi connectivity index (χ1v) is 5.02. The second kappa shape index (κ2) is 4.88. The molecule has 0 amide bonds. The molecule has 0 unspecified atom stereocenters. The lowest BCUT2D eigenvalue weighted by Gasteiger charge is -2.16. The van der Waals surface area contributed by atoms with Gasteiger partial charge < -0.3 is 9.84 Å². The molecule has 0 atom stereocenters. The molecule has 3 nitrogen and oxygen atoms in total. The van der Waals surface area contributed by atoms with Crippen LogP contribution < -0.4 is 0 Å². The summed E-state index contributed by atoms with van der Waals surface area (Å²) in [4.78, 5) is 11.3. The highest BCUT2D eigenvalue weighted by Crippen LogP contribution is 2.18. The van der Waals surface area contributed by atoms with Gasteiger partial charge in [0.05, 0.1) is 0 Å². The second-order valence-corrected chi connectivity index (χ2v) is 4.39. The van der Waals surface area contributed by atoms with Gasteiger partial charge in [0.25, 0.3) is 0 Å². The van der Waals surface area contributed by atoms with E-state index in [9.17, 15) is 14.3 Å². The predicted octanol–water partition coefficient (Wildman–Crippen LogP) is 2.22. The molecule has 0 spiro atoms. The zero-order valence-corrected chi connectivity index (χ0v) is 9.87. The van der Waals surface area contributed by atoms with Crippen molar-refractivity contribution in [2.45, 2.75) is 26.4 Å². The summed E-state index contributed by atoms with van der Waals surface area (Å²) in [5.74, 6) is 2.63. The van der Waals surface area contributed by atoms with Gasteiger partial charge in [-0.1, -0.05) is 6.07 Å². The maximum absolute atomic E-state index is 13.2. The summed E-state index contributed by atoms with van der Waals surface area (Å²) >= 11 is 0. The number of carbonyl (C=O) groups excluding carboxylic acids is 1. The Kier molecular flexibility index (Phi) is 3.74. The highest BCUT2D eigenvalue weighted by molar-refractivity contribution is 5.89. The van der Waals surface area contributed by atoms with E-state index in [0.29, 0.717) is 0 Å². The van der Waals surface area contributed by atoms with Crippen LogP contribution in [0.3, 0.4) is 0 Å². The van der Waals surface area contributed by atoms with Crippen LogP contribution in [-0.4, -0.2) is 16.7 Å². The van der Waals surface area contributed by atoms with Crippen molar-refractivity contribution >= 4 is 5.97 Å². The molecule has 1 aromatic carbocycles. The van der Waals surface area contributed by atoms with Crippen LogP contribution in [0.2, 0.25) is 0 Å². The third-order valence-corrected chi connectivity index (χ3v) is 1.68. The van der Waals surface area contributed by atoms with E-state index in [1.54, 1.807) is 20.8 Å². The van der Waals surface area contributed by atoms with Gasteiger partial charge in [-0.3, -0.25) is 0 Å². The minimum Gasteiger partial charge on any atom is -0.507 e. The summed E-state index contributed by atoms with van der Waals surface area (Å²) in [7, 11) is 0. The zero-order chi connectivity index (χ0) is 13.1. The van der Waals surface area contributed by atoms with E-state index in [2.05, 4.69) is 11.8 Å². The van der Waals surface area contributed by atoms with E-state index >= 15 is 0 Å². The van der Waals surface area contributed by atoms with E-state index in [1.807, 2.05) is 0 Å². The number of hydrogen-bond acceptors (Lipinski definition) is 3. The molecule has 0 aromatic heterocycles. The normalized spacial score (nSPS) is 10.4. The van der Waals surface area contributed by atoms with Crippen LogP contribution in [0.1, 0.15) is 26.3 Å². The van der Waals surface area contributed by atoms with Crippen LogP contribution in [-0.2, 0) is 9.53 Å². The SMILES string of the molecule is CC(C)(C)OC(=O)C#Cc1c(O)cccc1F. The fourth-order valence-corrected chi connectivity index (χ4v) is 1.05. The molecule has 0 bridgehead atoms. The molecular formula is C13H13FO3. The Morgan fingerprint density at radius 1 is 1.41 bits per heavy atom. The zero-order valence-electron chi connectivity index (χ0n) is 9.87. The molecule has 1 aromatic rings. The first-order chi connectivity index (χ1) is 7.79. The van der Waals surface area contributed by atoms with Crippen molar-refractivity contribution in [1.29, 1.82) is 0 Å². The summed E-state index contributed by atoms with van der Waals surface area (Å²) in [6.45, 7) is 5.10. The highest BCUT2D eigenvalue weighted by atomic mass is 19.1. The Hall–Kier alpha value is -2.02. The Morgan fingerprint density at radius 3 is 2.59 bits per heavy atom. The number of aromatic hydroxyl groups is 1. The summed E-state index contributed by atoms with van der Waals surface area (Å²) in [5.41, 5.74) is -0.860. The summed E-state index contributed by atoms with van der Waals surface area (Å²) in [6, 6.07) is 3.80. The highest BCUT2D eigenvalue weighted by Gasteiger charge is 2.14. The molecule has 0 aliphatic heterocycles. The average molecular weight is 236 g/mol. The lowest BCUT2D eigenvalue weighted by atomic mass is 10.2. The van der Waals surface area contributed by atoms with Gasteiger partial charge in [-0.05, 0) is 38.8 Å². The Balaban J connectivity index is 2.89. The molecule has 0 saturated heterocycles. The number of esters is 1. The molecule has 90 valence electrons. The number of hydrogen-bond donors (Lipinski definition) is 1. The van der Waals surface area contributed by atoms with Crippen molar-refractivity contribution in [3.05, 3.63) is 29.6 Å². The van der Waals surface area contributed by atoms with E-state index in [4.69, 9.17) is 4.74 Å². The smallest absolute Gasteiger partial charge is 0.385 e. The number of rotatable bonds is 0. The van der Waals surface area contributed by atoms with Gasteiger partial charge in [0.1, 0.15) is 22.7 Å². The summed E-state index contributed by atoms with van der Waals surface area (Å²) in [5, 5.41) is 9.34. The molecule has 0 heterocycles. The lowest BCUT2D eigenvalue weighted by Crippen LogP contribution is -2.22. The average Bonchev–Trinajstić information content (AvgIpc) is 2.14. The molecule has 1 N–H and O–H groups in total.